The van der Waals surface area contributed by atoms with E-state index in [0.29, 0.717) is 17.6 Å². The summed E-state index contributed by atoms with van der Waals surface area (Å²) in [6.45, 7) is 1.17. The molecule has 0 atom stereocenters. The van der Waals surface area contributed by atoms with Crippen LogP contribution in [0.25, 0.3) is 0 Å². The quantitative estimate of drug-likeness (QED) is 0.806. The molecule has 3 nitrogen and oxygen atoms in total. The molecule has 0 unspecified atom stereocenters. The number of nitrogens with zero attached hydrogens (tertiary/aromatic N) is 1. The zero-order valence-electron chi connectivity index (χ0n) is 12.3. The number of hydrogen-bond acceptors (Lipinski definition) is 3. The Morgan fingerprint density at radius 3 is 2.22 bits per heavy atom. The summed E-state index contributed by atoms with van der Waals surface area (Å²) in [5.74, 6) is 0. The maximum Gasteiger partial charge on any atom is 0.0327 e. The molecule has 0 radical (unpaired) electrons. The summed E-state index contributed by atoms with van der Waals surface area (Å²) in [6, 6.07) is 1.17. The summed E-state index contributed by atoms with van der Waals surface area (Å²) in [5.41, 5.74) is 6.39. The zero-order valence-corrected chi connectivity index (χ0v) is 12.3. The SMILES string of the molecule is CN(C)C1(CNC2CCC(N)CC2)CCCCC1. The lowest BCUT2D eigenvalue weighted by atomic mass is 9.80. The van der Waals surface area contributed by atoms with Crippen molar-refractivity contribution in [2.24, 2.45) is 5.73 Å². The van der Waals surface area contributed by atoms with Gasteiger partial charge in [-0.15, -0.1) is 0 Å². The van der Waals surface area contributed by atoms with Crippen LogP contribution in [0.1, 0.15) is 57.8 Å². The second-order valence-electron chi connectivity index (χ2n) is 6.67. The molecule has 0 aromatic rings. The molecule has 0 heterocycles. The Morgan fingerprint density at radius 2 is 1.67 bits per heavy atom. The van der Waals surface area contributed by atoms with Crippen LogP contribution in [-0.4, -0.2) is 43.2 Å². The van der Waals surface area contributed by atoms with Gasteiger partial charge in [0.1, 0.15) is 0 Å². The molecule has 0 bridgehead atoms. The first-order valence-electron chi connectivity index (χ1n) is 7.79. The average Bonchev–Trinajstić information content (AvgIpc) is 2.39. The Bertz CT molecular complexity index is 238. The fourth-order valence-corrected chi connectivity index (χ4v) is 3.65. The van der Waals surface area contributed by atoms with Crippen LogP contribution in [0.3, 0.4) is 0 Å². The first-order chi connectivity index (χ1) is 8.62. The van der Waals surface area contributed by atoms with E-state index in [2.05, 4.69) is 24.3 Å². The molecule has 2 aliphatic carbocycles. The van der Waals surface area contributed by atoms with Crippen molar-refractivity contribution in [1.29, 1.82) is 0 Å². The highest BCUT2D eigenvalue weighted by Crippen LogP contribution is 2.32. The molecule has 0 aromatic heterocycles. The molecule has 0 amide bonds. The highest BCUT2D eigenvalue weighted by molar-refractivity contribution is 4.94. The van der Waals surface area contributed by atoms with Crippen molar-refractivity contribution in [2.45, 2.75) is 75.4 Å². The van der Waals surface area contributed by atoms with Gasteiger partial charge >= 0.3 is 0 Å². The van der Waals surface area contributed by atoms with Crippen LogP contribution in [0.5, 0.6) is 0 Å². The topological polar surface area (TPSA) is 41.3 Å². The molecule has 2 rings (SSSR count). The van der Waals surface area contributed by atoms with Gasteiger partial charge < -0.3 is 16.0 Å². The van der Waals surface area contributed by atoms with E-state index in [1.807, 2.05) is 0 Å². The lowest BCUT2D eigenvalue weighted by molar-refractivity contribution is 0.0927. The molecule has 18 heavy (non-hydrogen) atoms. The third-order valence-corrected chi connectivity index (χ3v) is 5.22. The van der Waals surface area contributed by atoms with Crippen LogP contribution in [-0.2, 0) is 0 Å². The van der Waals surface area contributed by atoms with E-state index < -0.39 is 0 Å². The molecule has 3 heteroatoms. The van der Waals surface area contributed by atoms with Gasteiger partial charge in [0.15, 0.2) is 0 Å². The molecule has 2 fully saturated rings. The minimum absolute atomic E-state index is 0.414. The number of nitrogens with two attached hydrogens (primary N) is 1. The fourth-order valence-electron chi connectivity index (χ4n) is 3.65. The van der Waals surface area contributed by atoms with Gasteiger partial charge in [0.2, 0.25) is 0 Å². The van der Waals surface area contributed by atoms with Crippen molar-refractivity contribution in [3.05, 3.63) is 0 Å². The molecule has 0 aliphatic heterocycles. The van der Waals surface area contributed by atoms with Gasteiger partial charge in [0.05, 0.1) is 0 Å². The summed E-state index contributed by atoms with van der Waals surface area (Å²) >= 11 is 0. The van der Waals surface area contributed by atoms with Crippen LogP contribution in [0.2, 0.25) is 0 Å². The van der Waals surface area contributed by atoms with Gasteiger partial charge in [0, 0.05) is 24.2 Å². The zero-order chi connectivity index (χ0) is 13.0. The third-order valence-electron chi connectivity index (χ3n) is 5.22. The monoisotopic (exact) mass is 253 g/mol. The lowest BCUT2D eigenvalue weighted by Crippen LogP contribution is -2.55. The van der Waals surface area contributed by atoms with E-state index in [0.717, 1.165) is 0 Å². The highest BCUT2D eigenvalue weighted by atomic mass is 15.2. The Labute approximate surface area is 112 Å². The smallest absolute Gasteiger partial charge is 0.0327 e. The second kappa shape index (κ2) is 6.36. The fraction of sp³-hybridized carbons (Fsp3) is 1.00. The van der Waals surface area contributed by atoms with Gasteiger partial charge in [0.25, 0.3) is 0 Å². The Morgan fingerprint density at radius 1 is 1.06 bits per heavy atom. The van der Waals surface area contributed by atoms with Gasteiger partial charge in [-0.1, -0.05) is 19.3 Å². The van der Waals surface area contributed by atoms with Crippen LogP contribution < -0.4 is 11.1 Å². The summed E-state index contributed by atoms with van der Waals surface area (Å²) in [6.07, 6.45) is 11.9. The minimum atomic E-state index is 0.414. The van der Waals surface area contributed by atoms with Crippen molar-refractivity contribution < 1.29 is 0 Å². The summed E-state index contributed by atoms with van der Waals surface area (Å²) in [7, 11) is 4.51. The largest absolute Gasteiger partial charge is 0.328 e. The van der Waals surface area contributed by atoms with Gasteiger partial charge in [-0.2, -0.15) is 0 Å². The van der Waals surface area contributed by atoms with Crippen LogP contribution >= 0.6 is 0 Å². The number of rotatable bonds is 4. The van der Waals surface area contributed by atoms with Crippen LogP contribution in [0.15, 0.2) is 0 Å². The van der Waals surface area contributed by atoms with E-state index in [1.54, 1.807) is 0 Å². The molecule has 0 spiro atoms. The first kappa shape index (κ1) is 14.3. The first-order valence-corrected chi connectivity index (χ1v) is 7.79. The maximum absolute atomic E-state index is 5.97. The average molecular weight is 253 g/mol. The molecular formula is C15H31N3. The molecule has 106 valence electrons. The normalized spacial score (nSPS) is 32.7. The van der Waals surface area contributed by atoms with Gasteiger partial charge in [-0.3, -0.25) is 0 Å². The molecule has 0 saturated heterocycles. The minimum Gasteiger partial charge on any atom is -0.328 e. The summed E-state index contributed by atoms with van der Waals surface area (Å²) in [5, 5.41) is 3.84. The molecule has 0 aromatic carbocycles. The van der Waals surface area contributed by atoms with Gasteiger partial charge in [-0.25, -0.2) is 0 Å². The van der Waals surface area contributed by atoms with Crippen molar-refractivity contribution in [2.75, 3.05) is 20.6 Å². The number of hydrogen-bond donors (Lipinski definition) is 2. The Balaban J connectivity index is 1.82. The van der Waals surface area contributed by atoms with Gasteiger partial charge in [-0.05, 0) is 52.6 Å². The van der Waals surface area contributed by atoms with E-state index >= 15 is 0 Å². The molecule has 3 N–H and O–H groups in total. The molecule has 2 aliphatic rings. The van der Waals surface area contributed by atoms with E-state index in [4.69, 9.17) is 5.73 Å². The predicted octanol–water partition coefficient (Wildman–Crippen LogP) is 2.11. The Hall–Kier alpha value is -0.120. The lowest BCUT2D eigenvalue weighted by Gasteiger charge is -2.44. The number of nitrogens with one attached hydrogen (secondary N) is 1. The summed E-state index contributed by atoms with van der Waals surface area (Å²) in [4.78, 5) is 2.47. The highest BCUT2D eigenvalue weighted by Gasteiger charge is 2.34. The molecule has 2 saturated carbocycles. The number of likely N-dealkylation sites (N-methyl/N-ethyl adjacent to an activating group) is 1. The van der Waals surface area contributed by atoms with E-state index in [1.165, 1.54) is 64.3 Å². The second-order valence-corrected chi connectivity index (χ2v) is 6.67. The maximum atomic E-state index is 5.97. The van der Waals surface area contributed by atoms with Crippen molar-refractivity contribution in [3.63, 3.8) is 0 Å². The Kier molecular flexibility index (Phi) is 5.05. The van der Waals surface area contributed by atoms with Crippen molar-refractivity contribution in [3.8, 4) is 0 Å². The summed E-state index contributed by atoms with van der Waals surface area (Å²) < 4.78 is 0. The van der Waals surface area contributed by atoms with Crippen molar-refractivity contribution >= 4 is 0 Å². The van der Waals surface area contributed by atoms with Crippen LogP contribution in [0, 0.1) is 0 Å². The van der Waals surface area contributed by atoms with E-state index in [-0.39, 0.29) is 0 Å². The third kappa shape index (κ3) is 3.46. The standard InChI is InChI=1S/C15H31N3/c1-18(2)15(10-4-3-5-11-15)12-17-14-8-6-13(16)7-9-14/h13-14,17H,3-12,16H2,1-2H3. The van der Waals surface area contributed by atoms with Crippen LogP contribution in [0.4, 0.5) is 0 Å². The predicted molar refractivity (Wildman–Crippen MR) is 77.7 cm³/mol. The van der Waals surface area contributed by atoms with Crippen molar-refractivity contribution in [1.82, 2.24) is 10.2 Å². The molecular weight excluding hydrogens is 222 g/mol. The van der Waals surface area contributed by atoms with E-state index in [9.17, 15) is 0 Å².